The van der Waals surface area contributed by atoms with Gasteiger partial charge in [0.15, 0.2) is 5.96 Å². The van der Waals surface area contributed by atoms with Crippen molar-refractivity contribution >= 4 is 5.96 Å². The van der Waals surface area contributed by atoms with E-state index in [9.17, 15) is 0 Å². The average molecular weight is 431 g/mol. The largest absolute Gasteiger partial charge is 0.381 e. The Kier molecular flexibility index (Phi) is 9.62. The Hall–Kier alpha value is -1.63. The molecule has 0 saturated carbocycles. The van der Waals surface area contributed by atoms with Crippen LogP contribution in [0.1, 0.15) is 45.1 Å². The summed E-state index contributed by atoms with van der Waals surface area (Å²) in [5.41, 5.74) is 1.49. The van der Waals surface area contributed by atoms with Crippen molar-refractivity contribution in [3.63, 3.8) is 0 Å². The Bertz CT molecular complexity index is 651. The van der Waals surface area contributed by atoms with Gasteiger partial charge in [0.25, 0.3) is 0 Å². The number of guanidine groups is 1. The van der Waals surface area contributed by atoms with E-state index in [1.54, 1.807) is 0 Å². The Balaban J connectivity index is 1.63. The number of nitrogens with one attached hydrogen (secondary N) is 2. The Morgan fingerprint density at radius 1 is 1.00 bits per heavy atom. The summed E-state index contributed by atoms with van der Waals surface area (Å²) in [4.78, 5) is 7.15. The van der Waals surface area contributed by atoms with E-state index in [2.05, 4.69) is 64.7 Å². The summed E-state index contributed by atoms with van der Waals surface area (Å²) >= 11 is 0. The zero-order valence-corrected chi connectivity index (χ0v) is 19.7. The molecule has 1 aromatic rings. The van der Waals surface area contributed by atoms with Crippen LogP contribution in [0.3, 0.4) is 0 Å². The molecule has 2 fully saturated rings. The molecule has 0 bridgehead atoms. The first-order valence-electron chi connectivity index (χ1n) is 12.1. The monoisotopic (exact) mass is 430 g/mol. The fourth-order valence-electron chi connectivity index (χ4n) is 5.13. The van der Waals surface area contributed by atoms with Crippen LogP contribution >= 0.6 is 0 Å². The summed E-state index contributed by atoms with van der Waals surface area (Å²) in [5.74, 6) is 1.57. The molecule has 0 spiro atoms. The molecule has 2 aliphatic heterocycles. The molecular weight excluding hydrogens is 388 g/mol. The maximum Gasteiger partial charge on any atom is 0.191 e. The highest BCUT2D eigenvalue weighted by Crippen LogP contribution is 2.34. The number of benzene rings is 1. The van der Waals surface area contributed by atoms with Crippen molar-refractivity contribution in [2.45, 2.75) is 51.0 Å². The summed E-state index contributed by atoms with van der Waals surface area (Å²) in [7, 11) is 1.87. The molecule has 174 valence electrons. The molecule has 1 unspecified atom stereocenters. The molecule has 3 rings (SSSR count). The molecule has 1 aromatic carbocycles. The lowest BCUT2D eigenvalue weighted by molar-refractivity contribution is 0.00270. The van der Waals surface area contributed by atoms with Gasteiger partial charge in [0.05, 0.1) is 13.2 Å². The zero-order valence-electron chi connectivity index (χ0n) is 19.7. The highest BCUT2D eigenvalue weighted by molar-refractivity contribution is 5.79. The molecule has 1 atom stereocenters. The third-order valence-electron chi connectivity index (χ3n) is 7.24. The maximum atomic E-state index is 5.69. The van der Waals surface area contributed by atoms with Crippen LogP contribution in [0.15, 0.2) is 35.3 Å². The molecular formula is C25H42N4O2. The number of nitrogens with zero attached hydrogens (tertiary/aromatic N) is 2. The third kappa shape index (κ3) is 6.43. The minimum absolute atomic E-state index is 0.0934. The summed E-state index contributed by atoms with van der Waals surface area (Å²) in [6.07, 6.45) is 4.46. The minimum Gasteiger partial charge on any atom is -0.381 e. The molecule has 0 radical (unpaired) electrons. The predicted octanol–water partition coefficient (Wildman–Crippen LogP) is 3.04. The number of hydrogen-bond acceptors (Lipinski definition) is 4. The lowest BCUT2D eigenvalue weighted by Crippen LogP contribution is -2.54. The summed E-state index contributed by atoms with van der Waals surface area (Å²) in [6, 6.07) is 11.4. The van der Waals surface area contributed by atoms with Crippen molar-refractivity contribution in [2.24, 2.45) is 10.9 Å². The van der Waals surface area contributed by atoms with E-state index in [-0.39, 0.29) is 5.41 Å². The quantitative estimate of drug-likeness (QED) is 0.466. The van der Waals surface area contributed by atoms with Gasteiger partial charge in [0.1, 0.15) is 0 Å². The molecule has 0 aliphatic carbocycles. The first kappa shape index (κ1) is 24.0. The third-order valence-corrected chi connectivity index (χ3v) is 7.24. The average Bonchev–Trinajstić information content (AvgIpc) is 2.85. The second-order valence-corrected chi connectivity index (χ2v) is 8.86. The molecule has 2 aliphatic rings. The van der Waals surface area contributed by atoms with Crippen LogP contribution in [-0.2, 0) is 14.9 Å². The molecule has 0 amide bonds. The van der Waals surface area contributed by atoms with Crippen LogP contribution in [0.2, 0.25) is 0 Å². The number of aliphatic imine (C=N–C) groups is 1. The van der Waals surface area contributed by atoms with Gasteiger partial charge in [-0.25, -0.2) is 0 Å². The van der Waals surface area contributed by atoms with Gasteiger partial charge in [-0.1, -0.05) is 57.0 Å². The van der Waals surface area contributed by atoms with E-state index < -0.39 is 0 Å². The van der Waals surface area contributed by atoms with E-state index in [1.807, 2.05) is 7.05 Å². The van der Waals surface area contributed by atoms with Gasteiger partial charge < -0.3 is 20.1 Å². The molecule has 2 saturated heterocycles. The van der Waals surface area contributed by atoms with Gasteiger partial charge in [0, 0.05) is 57.9 Å². The second-order valence-electron chi connectivity index (χ2n) is 8.86. The molecule has 0 aromatic heterocycles. The normalized spacial score (nSPS) is 21.1. The van der Waals surface area contributed by atoms with Crippen molar-refractivity contribution in [1.29, 1.82) is 0 Å². The first-order valence-corrected chi connectivity index (χ1v) is 12.1. The van der Waals surface area contributed by atoms with Gasteiger partial charge in [-0.3, -0.25) is 9.89 Å². The van der Waals surface area contributed by atoms with Crippen LogP contribution in [0, 0.1) is 5.92 Å². The Labute approximate surface area is 188 Å². The van der Waals surface area contributed by atoms with Crippen molar-refractivity contribution < 1.29 is 9.47 Å². The van der Waals surface area contributed by atoms with Crippen LogP contribution in [-0.4, -0.2) is 76.6 Å². The fraction of sp³-hybridized carbons (Fsp3) is 0.720. The van der Waals surface area contributed by atoms with E-state index in [0.29, 0.717) is 12.0 Å². The smallest absolute Gasteiger partial charge is 0.191 e. The topological polar surface area (TPSA) is 58.1 Å². The van der Waals surface area contributed by atoms with E-state index >= 15 is 0 Å². The molecule has 6 heteroatoms. The zero-order chi connectivity index (χ0) is 21.9. The van der Waals surface area contributed by atoms with Crippen molar-refractivity contribution in [1.82, 2.24) is 15.5 Å². The van der Waals surface area contributed by atoms with Crippen molar-refractivity contribution in [2.75, 3.05) is 59.7 Å². The highest BCUT2D eigenvalue weighted by atomic mass is 16.5. The minimum atomic E-state index is 0.0934. The lowest BCUT2D eigenvalue weighted by atomic mass is 9.74. The highest BCUT2D eigenvalue weighted by Gasteiger charge is 2.34. The number of ether oxygens (including phenoxy) is 2. The van der Waals surface area contributed by atoms with Crippen LogP contribution < -0.4 is 10.6 Å². The van der Waals surface area contributed by atoms with Gasteiger partial charge in [-0.15, -0.1) is 0 Å². The van der Waals surface area contributed by atoms with Crippen molar-refractivity contribution in [3.8, 4) is 0 Å². The molecule has 2 heterocycles. The lowest BCUT2D eigenvalue weighted by Gasteiger charge is -2.40. The SMILES string of the molecule is CCC(CC)C(CNC(=NC)NCC1(c2ccccc2)CCOCC1)N1CCOCC1. The number of hydrogen-bond donors (Lipinski definition) is 2. The molecule has 2 N–H and O–H groups in total. The molecule has 31 heavy (non-hydrogen) atoms. The number of morpholine rings is 1. The van der Waals surface area contributed by atoms with E-state index in [4.69, 9.17) is 9.47 Å². The fourth-order valence-corrected chi connectivity index (χ4v) is 5.13. The van der Waals surface area contributed by atoms with Gasteiger partial charge >= 0.3 is 0 Å². The maximum absolute atomic E-state index is 5.69. The number of rotatable bonds is 9. The second kappa shape index (κ2) is 12.4. The van der Waals surface area contributed by atoms with Crippen LogP contribution in [0.5, 0.6) is 0 Å². The summed E-state index contributed by atoms with van der Waals surface area (Å²) in [5, 5.41) is 7.30. The van der Waals surface area contributed by atoms with Gasteiger partial charge in [-0.05, 0) is 24.3 Å². The summed E-state index contributed by atoms with van der Waals surface area (Å²) < 4.78 is 11.3. The predicted molar refractivity (Wildman–Crippen MR) is 128 cm³/mol. The Morgan fingerprint density at radius 2 is 1.65 bits per heavy atom. The van der Waals surface area contributed by atoms with Crippen molar-refractivity contribution in [3.05, 3.63) is 35.9 Å². The van der Waals surface area contributed by atoms with E-state index in [1.165, 1.54) is 18.4 Å². The van der Waals surface area contributed by atoms with E-state index in [0.717, 1.165) is 71.4 Å². The standard InChI is InChI=1S/C25H42N4O2/c1-4-21(5-2)23(29-13-17-31-18-14-29)19-27-24(26-3)28-20-25(11-15-30-16-12-25)22-9-7-6-8-10-22/h6-10,21,23H,4-5,11-20H2,1-3H3,(H2,26,27,28). The van der Waals surface area contributed by atoms with Gasteiger partial charge in [0.2, 0.25) is 0 Å². The Morgan fingerprint density at radius 3 is 2.26 bits per heavy atom. The van der Waals surface area contributed by atoms with Crippen LogP contribution in [0.25, 0.3) is 0 Å². The summed E-state index contributed by atoms with van der Waals surface area (Å²) in [6.45, 7) is 11.7. The first-order chi connectivity index (χ1) is 15.2. The van der Waals surface area contributed by atoms with Gasteiger partial charge in [-0.2, -0.15) is 0 Å². The molecule has 6 nitrogen and oxygen atoms in total. The van der Waals surface area contributed by atoms with Crippen LogP contribution in [0.4, 0.5) is 0 Å².